The van der Waals surface area contributed by atoms with E-state index in [4.69, 9.17) is 16.3 Å². The van der Waals surface area contributed by atoms with Crippen LogP contribution in [-0.2, 0) is 16.0 Å². The summed E-state index contributed by atoms with van der Waals surface area (Å²) in [7, 11) is 0. The van der Waals surface area contributed by atoms with Crippen molar-refractivity contribution in [1.82, 2.24) is 19.9 Å². The van der Waals surface area contributed by atoms with Crippen LogP contribution in [0, 0.1) is 11.8 Å². The van der Waals surface area contributed by atoms with E-state index < -0.39 is 0 Å². The lowest BCUT2D eigenvalue weighted by molar-refractivity contribution is -0.123. The number of pyridine rings is 1. The van der Waals surface area contributed by atoms with Crippen molar-refractivity contribution in [2.75, 3.05) is 51.4 Å². The number of ether oxygens (including phenoxy) is 1. The van der Waals surface area contributed by atoms with Gasteiger partial charge in [0.2, 0.25) is 0 Å². The molecule has 4 heterocycles. The van der Waals surface area contributed by atoms with Gasteiger partial charge in [0.1, 0.15) is 18.3 Å². The molecule has 2 saturated heterocycles. The number of hydrogen-bond donors (Lipinski definition) is 1. The third-order valence-electron chi connectivity index (χ3n) is 6.45. The molecule has 33 heavy (non-hydrogen) atoms. The molecule has 9 heteroatoms. The Hall–Kier alpha value is -2.16. The average molecular weight is 476 g/mol. The van der Waals surface area contributed by atoms with Crippen LogP contribution in [0.5, 0.6) is 0 Å². The normalized spacial score (nSPS) is 20.0. The lowest BCUT2D eigenvalue weighted by Gasteiger charge is -2.31. The van der Waals surface area contributed by atoms with Crippen LogP contribution in [-0.4, -0.2) is 71.7 Å². The zero-order valence-electron chi connectivity index (χ0n) is 18.8. The zero-order valence-corrected chi connectivity index (χ0v) is 19.6. The minimum Gasteiger partial charge on any atom is -0.381 e. The van der Waals surface area contributed by atoms with Crippen LogP contribution in [0.2, 0.25) is 5.02 Å². The number of carbonyl (C=O) groups is 1. The molecule has 0 spiro atoms. The van der Waals surface area contributed by atoms with Crippen molar-refractivity contribution >= 4 is 23.2 Å². The molecular formula is C24H31ClFN5O2. The summed E-state index contributed by atoms with van der Waals surface area (Å²) in [4.78, 5) is 28.3. The van der Waals surface area contributed by atoms with Crippen LogP contribution in [0.1, 0.15) is 31.4 Å². The lowest BCUT2D eigenvalue weighted by Crippen LogP contribution is -2.40. The number of nitrogens with one attached hydrogen (secondary N) is 1. The Morgan fingerprint density at radius 1 is 1.24 bits per heavy atom. The molecule has 2 fully saturated rings. The van der Waals surface area contributed by atoms with E-state index in [0.717, 1.165) is 52.0 Å². The molecule has 0 bridgehead atoms. The van der Waals surface area contributed by atoms with E-state index in [1.807, 2.05) is 11.0 Å². The second-order valence-corrected chi connectivity index (χ2v) is 9.26. The zero-order chi connectivity index (χ0) is 23.0. The van der Waals surface area contributed by atoms with Gasteiger partial charge in [0, 0.05) is 62.6 Å². The molecule has 0 radical (unpaired) electrons. The predicted octanol–water partition coefficient (Wildman–Crippen LogP) is 3.82. The molecule has 4 rings (SSSR count). The Labute approximate surface area is 199 Å². The second-order valence-electron chi connectivity index (χ2n) is 8.85. The number of Topliss-reactive ketones (excluding diaryl/α,β-unsaturated/α-hetero) is 1. The first-order valence-corrected chi connectivity index (χ1v) is 12.1. The number of alkyl halides is 1. The van der Waals surface area contributed by atoms with Crippen LogP contribution in [0.15, 0.2) is 24.7 Å². The summed E-state index contributed by atoms with van der Waals surface area (Å²) in [6.45, 7) is 3.93. The summed E-state index contributed by atoms with van der Waals surface area (Å²) < 4.78 is 18.1. The van der Waals surface area contributed by atoms with Gasteiger partial charge in [0.05, 0.1) is 23.1 Å². The topological polar surface area (TPSA) is 80.2 Å². The van der Waals surface area contributed by atoms with Crippen molar-refractivity contribution in [3.8, 4) is 11.3 Å². The van der Waals surface area contributed by atoms with Crippen molar-refractivity contribution in [3.63, 3.8) is 0 Å². The van der Waals surface area contributed by atoms with E-state index in [2.05, 4.69) is 20.3 Å². The molecule has 0 aliphatic carbocycles. The number of hydrogen-bond acceptors (Lipinski definition) is 7. The van der Waals surface area contributed by atoms with Crippen LogP contribution >= 0.6 is 11.6 Å². The van der Waals surface area contributed by atoms with Gasteiger partial charge in [0.15, 0.2) is 0 Å². The number of ketones is 1. The van der Waals surface area contributed by atoms with Crippen molar-refractivity contribution in [1.29, 1.82) is 0 Å². The number of rotatable bonds is 9. The van der Waals surface area contributed by atoms with Crippen molar-refractivity contribution < 1.29 is 13.9 Å². The first-order chi connectivity index (χ1) is 16.1. The number of likely N-dealkylation sites (tertiary alicyclic amines) is 1. The Morgan fingerprint density at radius 3 is 2.91 bits per heavy atom. The van der Waals surface area contributed by atoms with Gasteiger partial charge in [-0.05, 0) is 44.2 Å². The van der Waals surface area contributed by atoms with Gasteiger partial charge in [-0.1, -0.05) is 11.6 Å². The fourth-order valence-electron chi connectivity index (χ4n) is 4.52. The van der Waals surface area contributed by atoms with E-state index in [-0.39, 0.29) is 24.8 Å². The Morgan fingerprint density at radius 2 is 2.09 bits per heavy atom. The summed E-state index contributed by atoms with van der Waals surface area (Å²) in [6.07, 6.45) is 9.01. The van der Waals surface area contributed by atoms with Crippen LogP contribution in [0.3, 0.4) is 0 Å². The molecular weight excluding hydrogens is 445 g/mol. The minimum atomic E-state index is -0.382. The van der Waals surface area contributed by atoms with Crippen LogP contribution in [0.4, 0.5) is 10.2 Å². The molecule has 0 aromatic carbocycles. The SMILES string of the molecule is O=C(Cc1cc(-c2cncc(NCC3CCOCC3)n2)c(Cl)cn1)[C@@H]1CCCN(CCF)C1. The Balaban J connectivity index is 1.42. The highest BCUT2D eigenvalue weighted by molar-refractivity contribution is 6.33. The highest BCUT2D eigenvalue weighted by Gasteiger charge is 2.26. The number of piperidine rings is 1. The van der Waals surface area contributed by atoms with Crippen molar-refractivity contribution in [2.45, 2.75) is 32.1 Å². The van der Waals surface area contributed by atoms with Gasteiger partial charge in [-0.15, -0.1) is 0 Å². The molecule has 0 saturated carbocycles. The van der Waals surface area contributed by atoms with Gasteiger partial charge in [0.25, 0.3) is 0 Å². The molecule has 2 aromatic rings. The molecule has 0 amide bonds. The number of carbonyl (C=O) groups excluding carboxylic acids is 1. The van der Waals surface area contributed by atoms with E-state index >= 15 is 0 Å². The summed E-state index contributed by atoms with van der Waals surface area (Å²) in [5, 5.41) is 3.84. The third kappa shape index (κ3) is 6.68. The van der Waals surface area contributed by atoms with Gasteiger partial charge in [-0.3, -0.25) is 14.8 Å². The number of halogens is 2. The minimum absolute atomic E-state index is 0.0799. The number of anilines is 1. The van der Waals surface area contributed by atoms with Crippen molar-refractivity contribution in [2.24, 2.45) is 11.8 Å². The number of aromatic nitrogens is 3. The molecule has 178 valence electrons. The maximum Gasteiger partial charge on any atom is 0.145 e. The largest absolute Gasteiger partial charge is 0.381 e. The summed E-state index contributed by atoms with van der Waals surface area (Å²) in [6, 6.07) is 1.83. The smallest absolute Gasteiger partial charge is 0.145 e. The van der Waals surface area contributed by atoms with Gasteiger partial charge in [-0.2, -0.15) is 0 Å². The lowest BCUT2D eigenvalue weighted by atomic mass is 9.91. The van der Waals surface area contributed by atoms with Crippen LogP contribution in [0.25, 0.3) is 11.3 Å². The molecule has 2 aromatic heterocycles. The quantitative estimate of drug-likeness (QED) is 0.590. The molecule has 1 atom stereocenters. The second kappa shape index (κ2) is 11.8. The monoisotopic (exact) mass is 475 g/mol. The molecule has 7 nitrogen and oxygen atoms in total. The third-order valence-corrected chi connectivity index (χ3v) is 6.75. The Kier molecular flexibility index (Phi) is 8.58. The van der Waals surface area contributed by atoms with Gasteiger partial charge >= 0.3 is 0 Å². The van der Waals surface area contributed by atoms with Gasteiger partial charge < -0.3 is 15.0 Å². The molecule has 0 unspecified atom stereocenters. The predicted molar refractivity (Wildman–Crippen MR) is 126 cm³/mol. The molecule has 2 aliphatic rings. The van der Waals surface area contributed by atoms with Gasteiger partial charge in [-0.25, -0.2) is 9.37 Å². The standard InChI is InChI=1S/C24H31ClFN5O2/c25-21-13-28-19(11-23(32)18-2-1-6-31(16-18)7-5-26)10-20(21)22-14-27-15-24(30-22)29-12-17-3-8-33-9-4-17/h10,13-15,17-18H,1-9,11-12,16H2,(H,29,30)/t18-/m1/s1. The highest BCUT2D eigenvalue weighted by Crippen LogP contribution is 2.28. The van der Waals surface area contributed by atoms with E-state index in [1.165, 1.54) is 0 Å². The average Bonchev–Trinajstić information content (AvgIpc) is 2.85. The fourth-order valence-corrected chi connectivity index (χ4v) is 4.72. The fraction of sp³-hybridized carbons (Fsp3) is 0.583. The molecule has 1 N–H and O–H groups in total. The summed E-state index contributed by atoms with van der Waals surface area (Å²) in [5.74, 6) is 1.31. The van der Waals surface area contributed by atoms with E-state index in [9.17, 15) is 9.18 Å². The van der Waals surface area contributed by atoms with Crippen molar-refractivity contribution in [3.05, 3.63) is 35.4 Å². The van der Waals surface area contributed by atoms with E-state index in [1.54, 1.807) is 18.6 Å². The first kappa shape index (κ1) is 24.0. The maximum atomic E-state index is 12.9. The summed E-state index contributed by atoms with van der Waals surface area (Å²) in [5.41, 5.74) is 2.00. The number of nitrogens with zero attached hydrogens (tertiary/aromatic N) is 4. The Bertz CT molecular complexity index is 939. The highest BCUT2D eigenvalue weighted by atomic mass is 35.5. The first-order valence-electron chi connectivity index (χ1n) is 11.7. The summed E-state index contributed by atoms with van der Waals surface area (Å²) >= 11 is 6.43. The molecule has 2 aliphatic heterocycles. The maximum absolute atomic E-state index is 12.9. The van der Waals surface area contributed by atoms with E-state index in [0.29, 0.717) is 46.8 Å². The van der Waals surface area contributed by atoms with Crippen LogP contribution < -0.4 is 5.32 Å².